The third-order valence-corrected chi connectivity index (χ3v) is 1.09. The van der Waals surface area contributed by atoms with Crippen LogP contribution < -0.4 is 0 Å². The molecule has 0 amide bonds. The molecular formula is C10H18ClN. The van der Waals surface area contributed by atoms with Crippen molar-refractivity contribution >= 4 is 11.6 Å². The summed E-state index contributed by atoms with van der Waals surface area (Å²) in [6.45, 7) is 9.91. The highest BCUT2D eigenvalue weighted by Gasteiger charge is 1.84. The maximum atomic E-state index is 5.60. The topological polar surface area (TPSA) is 12.9 Å². The van der Waals surface area contributed by atoms with Gasteiger partial charge < -0.3 is 0 Å². The number of pyridine rings is 1. The van der Waals surface area contributed by atoms with Gasteiger partial charge in [-0.3, -0.25) is 4.98 Å². The minimum Gasteiger partial charge on any atom is -0.262 e. The highest BCUT2D eigenvalue weighted by molar-refractivity contribution is 6.30. The normalized spacial score (nSPS) is 7.17. The van der Waals surface area contributed by atoms with E-state index >= 15 is 0 Å². The summed E-state index contributed by atoms with van der Waals surface area (Å²) in [6, 6.07) is 3.58. The van der Waals surface area contributed by atoms with Gasteiger partial charge in [0.1, 0.15) is 0 Å². The summed E-state index contributed by atoms with van der Waals surface area (Å²) in [6.07, 6.45) is 1.69. The summed E-state index contributed by atoms with van der Waals surface area (Å²) in [4.78, 5) is 3.96. The number of halogens is 1. The van der Waals surface area contributed by atoms with Crippen molar-refractivity contribution in [2.75, 3.05) is 0 Å². The molecule has 0 bridgehead atoms. The second-order valence-electron chi connectivity index (χ2n) is 1.62. The Labute approximate surface area is 80.8 Å². The van der Waals surface area contributed by atoms with Crippen molar-refractivity contribution in [2.45, 2.75) is 34.6 Å². The quantitative estimate of drug-likeness (QED) is 0.596. The minimum atomic E-state index is 0.748. The first-order chi connectivity index (χ1) is 5.79. The van der Waals surface area contributed by atoms with E-state index in [4.69, 9.17) is 11.6 Å². The van der Waals surface area contributed by atoms with Crippen LogP contribution in [0.3, 0.4) is 0 Å². The molecule has 0 N–H and O–H groups in total. The molecule has 1 heterocycles. The predicted octanol–water partition coefficient (Wildman–Crippen LogP) is 4.10. The third-order valence-electron chi connectivity index (χ3n) is 0.859. The van der Waals surface area contributed by atoms with Crippen LogP contribution >= 0.6 is 11.6 Å². The van der Waals surface area contributed by atoms with Gasteiger partial charge in [0, 0.05) is 16.9 Å². The van der Waals surface area contributed by atoms with Crippen molar-refractivity contribution in [1.82, 2.24) is 4.98 Å². The summed E-state index contributed by atoms with van der Waals surface area (Å²) in [5.41, 5.74) is 0.956. The van der Waals surface area contributed by atoms with E-state index in [9.17, 15) is 0 Å². The zero-order chi connectivity index (χ0) is 9.98. The summed E-state index contributed by atoms with van der Waals surface area (Å²) in [7, 11) is 0. The molecule has 0 atom stereocenters. The van der Waals surface area contributed by atoms with Gasteiger partial charge >= 0.3 is 0 Å². The van der Waals surface area contributed by atoms with Crippen LogP contribution in [0.4, 0.5) is 0 Å². The van der Waals surface area contributed by atoms with E-state index in [0.29, 0.717) is 0 Å². The molecule has 1 rings (SSSR count). The third kappa shape index (κ3) is 7.55. The number of hydrogen-bond acceptors (Lipinski definition) is 1. The standard InChI is InChI=1S/C6H6ClN.2C2H6/c1-5-4-6(7)2-3-8-5;2*1-2/h2-4H,1H3;2*1-2H3. The van der Waals surface area contributed by atoms with Gasteiger partial charge in [0.15, 0.2) is 0 Å². The molecule has 0 spiro atoms. The van der Waals surface area contributed by atoms with Gasteiger partial charge in [0.25, 0.3) is 0 Å². The van der Waals surface area contributed by atoms with Crippen molar-refractivity contribution in [2.24, 2.45) is 0 Å². The molecule has 1 nitrogen and oxygen atoms in total. The van der Waals surface area contributed by atoms with E-state index in [1.165, 1.54) is 0 Å². The highest BCUT2D eigenvalue weighted by atomic mass is 35.5. The zero-order valence-corrected chi connectivity index (χ0v) is 9.31. The van der Waals surface area contributed by atoms with E-state index in [2.05, 4.69) is 4.98 Å². The van der Waals surface area contributed by atoms with Gasteiger partial charge in [-0.1, -0.05) is 39.3 Å². The number of rotatable bonds is 0. The van der Waals surface area contributed by atoms with Crippen molar-refractivity contribution in [3.05, 3.63) is 29.0 Å². The van der Waals surface area contributed by atoms with E-state index in [-0.39, 0.29) is 0 Å². The van der Waals surface area contributed by atoms with Crippen LogP contribution in [0.1, 0.15) is 33.4 Å². The molecule has 0 aromatic carbocycles. The van der Waals surface area contributed by atoms with Crippen molar-refractivity contribution in [1.29, 1.82) is 0 Å². The Balaban J connectivity index is 0. The van der Waals surface area contributed by atoms with Gasteiger partial charge in [-0.2, -0.15) is 0 Å². The maximum Gasteiger partial charge on any atom is 0.0439 e. The van der Waals surface area contributed by atoms with Crippen LogP contribution in [0.25, 0.3) is 0 Å². The first-order valence-corrected chi connectivity index (χ1v) is 4.75. The molecule has 0 unspecified atom stereocenters. The Morgan fingerprint density at radius 1 is 1.17 bits per heavy atom. The molecular weight excluding hydrogens is 170 g/mol. The predicted molar refractivity (Wildman–Crippen MR) is 56.7 cm³/mol. The van der Waals surface area contributed by atoms with Crippen LogP contribution in [-0.2, 0) is 0 Å². The van der Waals surface area contributed by atoms with Crippen molar-refractivity contribution in [3.8, 4) is 0 Å². The lowest BCUT2D eigenvalue weighted by Gasteiger charge is -1.88. The number of aryl methyl sites for hydroxylation is 1. The van der Waals surface area contributed by atoms with Gasteiger partial charge in [-0.05, 0) is 19.1 Å². The Bertz CT molecular complexity index is 170. The fourth-order valence-corrected chi connectivity index (χ4v) is 0.725. The van der Waals surface area contributed by atoms with Crippen LogP contribution in [0, 0.1) is 6.92 Å². The summed E-state index contributed by atoms with van der Waals surface area (Å²) < 4.78 is 0. The fraction of sp³-hybridized carbons (Fsp3) is 0.500. The van der Waals surface area contributed by atoms with Crippen molar-refractivity contribution < 1.29 is 0 Å². The molecule has 1 aromatic heterocycles. The SMILES string of the molecule is CC.CC.Cc1cc(Cl)ccn1. The molecule has 0 fully saturated rings. The van der Waals surface area contributed by atoms with E-state index in [0.717, 1.165) is 10.7 Å². The molecule has 12 heavy (non-hydrogen) atoms. The van der Waals surface area contributed by atoms with E-state index in [1.807, 2.05) is 40.7 Å². The largest absolute Gasteiger partial charge is 0.262 e. The Kier molecular flexibility index (Phi) is 12.2. The minimum absolute atomic E-state index is 0.748. The molecule has 0 aliphatic heterocycles. The summed E-state index contributed by atoms with van der Waals surface area (Å²) >= 11 is 5.60. The average molecular weight is 188 g/mol. The molecule has 0 saturated carbocycles. The van der Waals surface area contributed by atoms with Crippen LogP contribution in [-0.4, -0.2) is 4.98 Å². The molecule has 0 aliphatic rings. The lowest BCUT2D eigenvalue weighted by atomic mass is 10.4. The number of aromatic nitrogens is 1. The van der Waals surface area contributed by atoms with Crippen LogP contribution in [0.5, 0.6) is 0 Å². The second kappa shape index (κ2) is 10.4. The highest BCUT2D eigenvalue weighted by Crippen LogP contribution is 2.05. The van der Waals surface area contributed by atoms with Crippen LogP contribution in [0.15, 0.2) is 18.3 Å². The fourth-order valence-electron chi connectivity index (χ4n) is 0.511. The first-order valence-electron chi connectivity index (χ1n) is 4.37. The Morgan fingerprint density at radius 2 is 1.67 bits per heavy atom. The van der Waals surface area contributed by atoms with Crippen molar-refractivity contribution in [3.63, 3.8) is 0 Å². The summed E-state index contributed by atoms with van der Waals surface area (Å²) in [5, 5.41) is 0.748. The maximum absolute atomic E-state index is 5.60. The Morgan fingerprint density at radius 3 is 1.92 bits per heavy atom. The zero-order valence-electron chi connectivity index (χ0n) is 8.56. The first kappa shape index (κ1) is 14.0. The average Bonchev–Trinajstić information content (AvgIpc) is 2.11. The van der Waals surface area contributed by atoms with Gasteiger partial charge in [0.05, 0.1) is 0 Å². The summed E-state index contributed by atoms with van der Waals surface area (Å²) in [5.74, 6) is 0. The van der Waals surface area contributed by atoms with Gasteiger partial charge in [-0.15, -0.1) is 0 Å². The molecule has 0 saturated heterocycles. The second-order valence-corrected chi connectivity index (χ2v) is 2.05. The smallest absolute Gasteiger partial charge is 0.0439 e. The molecule has 0 radical (unpaired) electrons. The number of nitrogens with zero attached hydrogens (tertiary/aromatic N) is 1. The lowest BCUT2D eigenvalue weighted by molar-refractivity contribution is 1.20. The monoisotopic (exact) mass is 187 g/mol. The molecule has 70 valence electrons. The van der Waals surface area contributed by atoms with E-state index < -0.39 is 0 Å². The molecule has 1 aromatic rings. The van der Waals surface area contributed by atoms with Gasteiger partial charge in [0.2, 0.25) is 0 Å². The number of hydrogen-bond donors (Lipinski definition) is 0. The van der Waals surface area contributed by atoms with Gasteiger partial charge in [-0.25, -0.2) is 0 Å². The van der Waals surface area contributed by atoms with E-state index in [1.54, 1.807) is 12.3 Å². The lowest BCUT2D eigenvalue weighted by Crippen LogP contribution is -1.75. The van der Waals surface area contributed by atoms with Crippen LogP contribution in [0.2, 0.25) is 5.02 Å². The molecule has 2 heteroatoms. The Hall–Kier alpha value is -0.560. The molecule has 0 aliphatic carbocycles.